The fraction of sp³-hybridized carbons (Fsp3) is 0.474. The summed E-state index contributed by atoms with van der Waals surface area (Å²) < 4.78 is 36.2. The number of aryl methyl sites for hydroxylation is 1. The standard InChI is InChI=1S/C38H46FN3O5/c1-24-21-31-40-30-23-42(31)35(32(24)34(36(43)44)47-37(3,4)5)41-18-16-38(6,17-19-41)45-20-8-7-11-25(2)46-33-28(14-10-15-29(33)39)26-12-9-13-27(30)22-26/h9-10,12-15,21-23,25,34H,7-8,11,16-20H2,1-6H3,(H,43,44)/t25-,34-/m0/s1. The Hall–Kier alpha value is -3.95. The van der Waals surface area contributed by atoms with Crippen LogP contribution in [0.1, 0.15) is 84.0 Å². The number of carboxylic acids is 1. The Kier molecular flexibility index (Phi) is 9.06. The maximum Gasteiger partial charge on any atom is 0.337 e. The quantitative estimate of drug-likeness (QED) is 0.240. The number of imidazole rings is 1. The molecule has 0 amide bonds. The molecule has 1 saturated heterocycles. The third kappa shape index (κ3) is 7.02. The average Bonchev–Trinajstić information content (AvgIpc) is 3.43. The van der Waals surface area contributed by atoms with Crippen LogP contribution in [-0.2, 0) is 14.3 Å². The minimum absolute atomic E-state index is 0.163. The first-order valence-corrected chi connectivity index (χ1v) is 16.7. The van der Waals surface area contributed by atoms with Gasteiger partial charge in [0.25, 0.3) is 0 Å². The molecule has 5 heterocycles. The van der Waals surface area contributed by atoms with E-state index in [9.17, 15) is 9.90 Å². The maximum atomic E-state index is 15.2. The minimum atomic E-state index is -1.17. The molecule has 1 fully saturated rings. The average molecular weight is 644 g/mol. The van der Waals surface area contributed by atoms with Gasteiger partial charge in [-0.05, 0) is 103 Å². The molecule has 0 spiro atoms. The number of para-hydroxylation sites is 1. The van der Waals surface area contributed by atoms with Gasteiger partial charge < -0.3 is 24.2 Å². The van der Waals surface area contributed by atoms with E-state index in [1.165, 1.54) is 6.07 Å². The minimum Gasteiger partial charge on any atom is -0.487 e. The number of fused-ring (bicyclic) bond motifs is 8. The van der Waals surface area contributed by atoms with Gasteiger partial charge in [0.1, 0.15) is 11.5 Å². The molecule has 7 rings (SSSR count). The van der Waals surface area contributed by atoms with Crippen LogP contribution in [0.3, 0.4) is 0 Å². The lowest BCUT2D eigenvalue weighted by molar-refractivity contribution is -0.160. The Balaban J connectivity index is 1.54. The number of hydrogen-bond acceptors (Lipinski definition) is 6. The second-order valence-corrected chi connectivity index (χ2v) is 14.3. The van der Waals surface area contributed by atoms with Crippen LogP contribution in [0.25, 0.3) is 28.0 Å². The number of pyridine rings is 1. The van der Waals surface area contributed by atoms with E-state index in [0.29, 0.717) is 36.5 Å². The van der Waals surface area contributed by atoms with Crippen LogP contribution < -0.4 is 9.64 Å². The number of piperidine rings is 1. The van der Waals surface area contributed by atoms with E-state index in [0.717, 1.165) is 60.3 Å². The zero-order chi connectivity index (χ0) is 33.5. The highest BCUT2D eigenvalue weighted by Gasteiger charge is 2.37. The summed E-state index contributed by atoms with van der Waals surface area (Å²) in [6.45, 7) is 13.7. The lowest BCUT2D eigenvalue weighted by atomic mass is 9.92. The molecule has 0 saturated carbocycles. The maximum absolute atomic E-state index is 15.2. The second kappa shape index (κ2) is 12.9. The summed E-state index contributed by atoms with van der Waals surface area (Å²) in [6, 6.07) is 14.8. The van der Waals surface area contributed by atoms with Gasteiger partial charge in [-0.1, -0.05) is 30.3 Å². The van der Waals surface area contributed by atoms with Crippen LogP contribution in [0.2, 0.25) is 0 Å². The van der Waals surface area contributed by atoms with Gasteiger partial charge in [0.05, 0.1) is 23.0 Å². The van der Waals surface area contributed by atoms with Crippen LogP contribution in [0.5, 0.6) is 5.75 Å². The van der Waals surface area contributed by atoms with Crippen molar-refractivity contribution in [1.82, 2.24) is 9.38 Å². The normalized spacial score (nSPS) is 21.3. The third-order valence-electron chi connectivity index (χ3n) is 9.26. The van der Waals surface area contributed by atoms with E-state index in [1.54, 1.807) is 6.07 Å². The monoisotopic (exact) mass is 643 g/mol. The summed E-state index contributed by atoms with van der Waals surface area (Å²) in [6.07, 6.45) is 4.78. The predicted molar refractivity (Wildman–Crippen MR) is 182 cm³/mol. The van der Waals surface area contributed by atoms with Crippen molar-refractivity contribution in [2.45, 2.75) is 97.1 Å². The van der Waals surface area contributed by atoms with E-state index in [4.69, 9.17) is 19.2 Å². The van der Waals surface area contributed by atoms with Crippen LogP contribution in [-0.4, -0.2) is 57.5 Å². The smallest absolute Gasteiger partial charge is 0.337 e. The molecule has 9 heteroatoms. The van der Waals surface area contributed by atoms with E-state index < -0.39 is 23.5 Å². The number of ether oxygens (including phenoxy) is 3. The number of hydrogen-bond donors (Lipinski definition) is 1. The van der Waals surface area contributed by atoms with Crippen LogP contribution >= 0.6 is 0 Å². The lowest BCUT2D eigenvalue weighted by Crippen LogP contribution is -2.45. The van der Waals surface area contributed by atoms with Gasteiger partial charge >= 0.3 is 5.97 Å². The molecule has 8 nitrogen and oxygen atoms in total. The van der Waals surface area contributed by atoms with E-state index in [-0.39, 0.29) is 17.5 Å². The van der Waals surface area contributed by atoms with Crippen molar-refractivity contribution >= 4 is 17.4 Å². The zero-order valence-electron chi connectivity index (χ0n) is 28.3. The molecule has 2 aromatic carbocycles. The highest BCUT2D eigenvalue weighted by atomic mass is 19.1. The van der Waals surface area contributed by atoms with Crippen molar-refractivity contribution in [1.29, 1.82) is 0 Å². The molecule has 6 bridgehead atoms. The molecule has 2 aromatic heterocycles. The fourth-order valence-corrected chi connectivity index (χ4v) is 6.77. The summed E-state index contributed by atoms with van der Waals surface area (Å²) in [5.41, 5.74) is 4.24. The van der Waals surface area contributed by atoms with Gasteiger partial charge in [-0.2, -0.15) is 0 Å². The van der Waals surface area contributed by atoms with Crippen LogP contribution in [0, 0.1) is 12.7 Å². The highest BCUT2D eigenvalue weighted by Crippen LogP contribution is 2.40. The Morgan fingerprint density at radius 1 is 1.11 bits per heavy atom. The van der Waals surface area contributed by atoms with Crippen molar-refractivity contribution in [3.05, 3.63) is 71.7 Å². The van der Waals surface area contributed by atoms with Gasteiger partial charge in [-0.3, -0.25) is 4.40 Å². The van der Waals surface area contributed by atoms with Crippen molar-refractivity contribution in [2.24, 2.45) is 0 Å². The fourth-order valence-electron chi connectivity index (χ4n) is 6.77. The van der Waals surface area contributed by atoms with Crippen molar-refractivity contribution in [3.63, 3.8) is 0 Å². The van der Waals surface area contributed by atoms with Crippen molar-refractivity contribution in [3.8, 4) is 28.1 Å². The largest absolute Gasteiger partial charge is 0.487 e. The van der Waals surface area contributed by atoms with Crippen LogP contribution in [0.15, 0.2) is 54.7 Å². The van der Waals surface area contributed by atoms with Crippen LogP contribution in [0.4, 0.5) is 10.2 Å². The van der Waals surface area contributed by atoms with Gasteiger partial charge in [-0.25, -0.2) is 14.2 Å². The summed E-state index contributed by atoms with van der Waals surface area (Å²) >= 11 is 0. The van der Waals surface area contributed by atoms with Gasteiger partial charge in [0.2, 0.25) is 0 Å². The molecule has 0 aliphatic carbocycles. The lowest BCUT2D eigenvalue weighted by Gasteiger charge is -2.41. The van der Waals surface area contributed by atoms with Gasteiger partial charge in [0.15, 0.2) is 17.7 Å². The predicted octanol–water partition coefficient (Wildman–Crippen LogP) is 8.38. The number of carboxylic acid groups (broad SMARTS) is 1. The summed E-state index contributed by atoms with van der Waals surface area (Å²) in [5.74, 6) is -0.408. The first-order chi connectivity index (χ1) is 22.3. The number of benzene rings is 2. The molecule has 3 aliphatic rings. The Labute approximate surface area is 276 Å². The summed E-state index contributed by atoms with van der Waals surface area (Å²) in [4.78, 5) is 20.1. The first-order valence-electron chi connectivity index (χ1n) is 16.7. The SMILES string of the molecule is Cc1cc2nc3cn2c(c1[C@H](OC(C)(C)C)C(=O)O)N1CCC(C)(CC1)OCCCC[C@H](C)Oc1c(F)cccc1-c1cccc-3c1. The first kappa shape index (κ1) is 33.0. The molecule has 47 heavy (non-hydrogen) atoms. The number of aliphatic carboxylic acids is 1. The number of anilines is 1. The molecule has 4 aromatic rings. The van der Waals surface area contributed by atoms with E-state index in [2.05, 4.69) is 11.8 Å². The van der Waals surface area contributed by atoms with Crippen molar-refractivity contribution in [2.75, 3.05) is 24.6 Å². The molecule has 1 N–H and O–H groups in total. The molecule has 2 atom stereocenters. The highest BCUT2D eigenvalue weighted by molar-refractivity contribution is 5.80. The topological polar surface area (TPSA) is 85.5 Å². The molecular formula is C38H46FN3O5. The van der Waals surface area contributed by atoms with Crippen molar-refractivity contribution < 1.29 is 28.5 Å². The zero-order valence-corrected chi connectivity index (χ0v) is 28.3. The van der Waals surface area contributed by atoms with Gasteiger partial charge in [0, 0.05) is 42.6 Å². The molecule has 3 aliphatic heterocycles. The van der Waals surface area contributed by atoms with E-state index in [1.807, 2.05) is 81.6 Å². The Morgan fingerprint density at radius 2 is 1.83 bits per heavy atom. The van der Waals surface area contributed by atoms with Gasteiger partial charge in [-0.15, -0.1) is 0 Å². The molecule has 250 valence electrons. The summed E-state index contributed by atoms with van der Waals surface area (Å²) in [5, 5.41) is 10.5. The Morgan fingerprint density at radius 3 is 2.55 bits per heavy atom. The molecule has 0 radical (unpaired) electrons. The molecule has 0 unspecified atom stereocenters. The molecular weight excluding hydrogens is 597 g/mol. The summed E-state index contributed by atoms with van der Waals surface area (Å²) in [7, 11) is 0. The number of rotatable bonds is 3. The number of halogens is 1. The number of nitrogens with zero attached hydrogens (tertiary/aromatic N) is 3. The van der Waals surface area contributed by atoms with E-state index >= 15 is 4.39 Å². The number of carbonyl (C=O) groups is 1. The number of aromatic nitrogens is 2. The Bertz CT molecular complexity index is 1770. The second-order valence-electron chi connectivity index (χ2n) is 14.3. The third-order valence-corrected chi connectivity index (χ3v) is 9.26.